The molecule has 2 rings (SSSR count). The van der Waals surface area contributed by atoms with E-state index in [1.54, 1.807) is 0 Å². The van der Waals surface area contributed by atoms with Crippen LogP contribution in [0.4, 0.5) is 0 Å². The van der Waals surface area contributed by atoms with Crippen molar-refractivity contribution in [1.82, 2.24) is 19.6 Å². The van der Waals surface area contributed by atoms with E-state index in [1.807, 2.05) is 29.5 Å². The van der Waals surface area contributed by atoms with Gasteiger partial charge in [-0.3, -0.25) is 9.36 Å². The predicted molar refractivity (Wildman–Crippen MR) is 78.9 cm³/mol. The van der Waals surface area contributed by atoms with Gasteiger partial charge in [-0.2, -0.15) is 10.2 Å². The molecule has 19 heavy (non-hydrogen) atoms. The minimum Gasteiger partial charge on any atom is -0.322 e. The summed E-state index contributed by atoms with van der Waals surface area (Å²) in [4.78, 5) is 0. The van der Waals surface area contributed by atoms with Gasteiger partial charge in [0.25, 0.3) is 0 Å². The Kier molecular flexibility index (Phi) is 4.10. The molecule has 0 saturated carbocycles. The number of aryl methyl sites for hydroxylation is 3. The first-order valence-corrected chi connectivity index (χ1v) is 7.20. The molecule has 2 aromatic rings. The number of nitrogens with zero attached hydrogens (tertiary/aromatic N) is 4. The van der Waals surface area contributed by atoms with Crippen molar-refractivity contribution in [2.24, 2.45) is 12.8 Å². The molecule has 2 aromatic heterocycles. The van der Waals surface area contributed by atoms with Gasteiger partial charge in [-0.1, -0.05) is 0 Å². The summed E-state index contributed by atoms with van der Waals surface area (Å²) in [5.41, 5.74) is 10.9. The van der Waals surface area contributed by atoms with Crippen LogP contribution in [0.3, 0.4) is 0 Å². The molecule has 0 saturated heterocycles. The fourth-order valence-corrected chi connectivity index (χ4v) is 3.01. The minimum absolute atomic E-state index is 0.0848. The minimum atomic E-state index is -0.0848. The van der Waals surface area contributed by atoms with E-state index in [1.165, 1.54) is 11.3 Å². The first-order valence-electron chi connectivity index (χ1n) is 6.41. The summed E-state index contributed by atoms with van der Waals surface area (Å²) >= 11 is 3.53. The molecule has 0 aliphatic rings. The summed E-state index contributed by atoms with van der Waals surface area (Å²) in [5, 5.41) is 8.75. The Morgan fingerprint density at radius 1 is 1.42 bits per heavy atom. The van der Waals surface area contributed by atoms with Gasteiger partial charge < -0.3 is 5.73 Å². The molecule has 0 amide bonds. The molecule has 0 aliphatic heterocycles. The molecule has 1 atom stereocenters. The maximum atomic E-state index is 6.37. The monoisotopic (exact) mass is 325 g/mol. The highest BCUT2D eigenvalue weighted by atomic mass is 79.9. The highest BCUT2D eigenvalue weighted by Crippen LogP contribution is 2.26. The van der Waals surface area contributed by atoms with Crippen LogP contribution in [0.15, 0.2) is 10.7 Å². The van der Waals surface area contributed by atoms with Crippen molar-refractivity contribution in [2.75, 3.05) is 0 Å². The third-order valence-electron chi connectivity index (χ3n) is 3.57. The Balaban J connectivity index is 2.30. The quantitative estimate of drug-likeness (QED) is 0.937. The van der Waals surface area contributed by atoms with Crippen LogP contribution in [0.5, 0.6) is 0 Å². The van der Waals surface area contributed by atoms with Gasteiger partial charge in [0.05, 0.1) is 28.1 Å². The number of hydrogen-bond acceptors (Lipinski definition) is 3. The molecule has 1 unspecified atom stereocenters. The zero-order chi connectivity index (χ0) is 14.2. The first kappa shape index (κ1) is 14.3. The van der Waals surface area contributed by atoms with Crippen molar-refractivity contribution in [3.05, 3.63) is 33.3 Å². The van der Waals surface area contributed by atoms with E-state index in [9.17, 15) is 0 Å². The number of rotatable bonds is 4. The summed E-state index contributed by atoms with van der Waals surface area (Å²) in [5.74, 6) is 0. The molecule has 0 aromatic carbocycles. The molecule has 2 heterocycles. The van der Waals surface area contributed by atoms with Crippen LogP contribution in [-0.4, -0.2) is 19.6 Å². The topological polar surface area (TPSA) is 61.7 Å². The second kappa shape index (κ2) is 5.46. The summed E-state index contributed by atoms with van der Waals surface area (Å²) in [6.45, 7) is 6.99. The van der Waals surface area contributed by atoms with Gasteiger partial charge in [0.2, 0.25) is 0 Å². The predicted octanol–water partition coefficient (Wildman–Crippen LogP) is 2.26. The van der Waals surface area contributed by atoms with Crippen LogP contribution >= 0.6 is 15.9 Å². The van der Waals surface area contributed by atoms with Crippen LogP contribution in [0, 0.1) is 13.8 Å². The standard InChI is InChI=1S/C13H20BrN5/c1-5-19-13(11(14)7-16-19)12(15)6-10-8(2)17-18(4)9(10)3/h7,12H,5-6,15H2,1-4H3. The zero-order valence-electron chi connectivity index (χ0n) is 11.8. The van der Waals surface area contributed by atoms with Crippen molar-refractivity contribution < 1.29 is 0 Å². The number of hydrogen-bond donors (Lipinski definition) is 1. The van der Waals surface area contributed by atoms with Gasteiger partial charge in [-0.25, -0.2) is 0 Å². The molecule has 104 valence electrons. The van der Waals surface area contributed by atoms with E-state index < -0.39 is 0 Å². The van der Waals surface area contributed by atoms with E-state index in [-0.39, 0.29) is 6.04 Å². The molecular weight excluding hydrogens is 306 g/mol. The van der Waals surface area contributed by atoms with E-state index in [0.29, 0.717) is 0 Å². The zero-order valence-corrected chi connectivity index (χ0v) is 13.4. The molecule has 0 bridgehead atoms. The molecule has 0 fully saturated rings. The van der Waals surface area contributed by atoms with Crippen molar-refractivity contribution in [3.8, 4) is 0 Å². The Hall–Kier alpha value is -1.14. The van der Waals surface area contributed by atoms with E-state index in [2.05, 4.69) is 40.0 Å². The number of aromatic nitrogens is 4. The summed E-state index contributed by atoms with van der Waals surface area (Å²) < 4.78 is 4.82. The molecule has 2 N–H and O–H groups in total. The van der Waals surface area contributed by atoms with Crippen molar-refractivity contribution in [2.45, 2.75) is 39.8 Å². The van der Waals surface area contributed by atoms with Crippen LogP contribution < -0.4 is 5.73 Å². The van der Waals surface area contributed by atoms with Gasteiger partial charge in [0, 0.05) is 19.3 Å². The molecule has 5 nitrogen and oxygen atoms in total. The lowest BCUT2D eigenvalue weighted by Crippen LogP contribution is -2.19. The second-order valence-corrected chi connectivity index (χ2v) is 5.63. The van der Waals surface area contributed by atoms with Crippen molar-refractivity contribution in [1.29, 1.82) is 0 Å². The van der Waals surface area contributed by atoms with E-state index in [4.69, 9.17) is 5.73 Å². The lowest BCUT2D eigenvalue weighted by Gasteiger charge is -2.14. The fourth-order valence-electron chi connectivity index (χ4n) is 2.42. The molecular formula is C13H20BrN5. The maximum absolute atomic E-state index is 6.37. The van der Waals surface area contributed by atoms with Crippen molar-refractivity contribution in [3.63, 3.8) is 0 Å². The first-order chi connectivity index (χ1) is 8.95. The summed E-state index contributed by atoms with van der Waals surface area (Å²) in [7, 11) is 1.96. The van der Waals surface area contributed by atoms with E-state index >= 15 is 0 Å². The molecule has 0 aliphatic carbocycles. The Labute approximate surface area is 121 Å². The van der Waals surface area contributed by atoms with Crippen LogP contribution in [-0.2, 0) is 20.0 Å². The van der Waals surface area contributed by atoms with Crippen molar-refractivity contribution >= 4 is 15.9 Å². The molecule has 6 heteroatoms. The third kappa shape index (κ3) is 2.60. The normalized spacial score (nSPS) is 12.9. The van der Waals surface area contributed by atoms with Gasteiger partial charge in [0.1, 0.15) is 0 Å². The second-order valence-electron chi connectivity index (χ2n) is 4.78. The number of halogens is 1. The highest BCUT2D eigenvalue weighted by Gasteiger charge is 2.19. The van der Waals surface area contributed by atoms with Gasteiger partial charge in [0.15, 0.2) is 0 Å². The van der Waals surface area contributed by atoms with E-state index in [0.717, 1.165) is 28.8 Å². The van der Waals surface area contributed by atoms with Gasteiger partial charge >= 0.3 is 0 Å². The SMILES string of the molecule is CCn1ncc(Br)c1C(N)Cc1c(C)nn(C)c1C. The summed E-state index contributed by atoms with van der Waals surface area (Å²) in [6.07, 6.45) is 2.58. The lowest BCUT2D eigenvalue weighted by molar-refractivity contribution is 0.565. The fraction of sp³-hybridized carbons (Fsp3) is 0.538. The Bertz CT molecular complexity index is 584. The Morgan fingerprint density at radius 3 is 2.63 bits per heavy atom. The third-order valence-corrected chi connectivity index (χ3v) is 4.18. The van der Waals surface area contributed by atoms with Crippen LogP contribution in [0.25, 0.3) is 0 Å². The summed E-state index contributed by atoms with van der Waals surface area (Å²) in [6, 6.07) is -0.0848. The highest BCUT2D eigenvalue weighted by molar-refractivity contribution is 9.10. The van der Waals surface area contributed by atoms with Gasteiger partial charge in [-0.05, 0) is 48.7 Å². The van der Waals surface area contributed by atoms with Crippen LogP contribution in [0.2, 0.25) is 0 Å². The number of nitrogens with two attached hydrogens (primary N) is 1. The maximum Gasteiger partial charge on any atom is 0.0696 e. The average molecular weight is 326 g/mol. The van der Waals surface area contributed by atoms with Crippen LogP contribution in [0.1, 0.15) is 35.6 Å². The molecule has 0 radical (unpaired) electrons. The molecule has 0 spiro atoms. The van der Waals surface area contributed by atoms with Gasteiger partial charge in [-0.15, -0.1) is 0 Å². The largest absolute Gasteiger partial charge is 0.322 e. The lowest BCUT2D eigenvalue weighted by atomic mass is 10.0. The smallest absolute Gasteiger partial charge is 0.0696 e. The Morgan fingerprint density at radius 2 is 2.11 bits per heavy atom. The average Bonchev–Trinajstić information content (AvgIpc) is 2.85.